The highest BCUT2D eigenvalue weighted by atomic mass is 32.1. The largest absolute Gasteiger partial charge is 0.309 e. The lowest BCUT2D eigenvalue weighted by Gasteiger charge is -2.23. The molecular weight excluding hydrogens is 1280 g/mol. The Morgan fingerprint density at radius 1 is 0.340 bits per heavy atom. The first-order valence-electron chi connectivity index (χ1n) is 35.7. The monoisotopic (exact) mass is 1350 g/mol. The van der Waals surface area contributed by atoms with Gasteiger partial charge in [0.05, 0.1) is 11.0 Å². The van der Waals surface area contributed by atoms with Gasteiger partial charge in [0.15, 0.2) is 0 Å². The van der Waals surface area contributed by atoms with Crippen LogP contribution in [0.4, 0.5) is 0 Å². The minimum atomic E-state index is 0.153. The van der Waals surface area contributed by atoms with E-state index in [0.717, 1.165) is 56.5 Å². The summed E-state index contributed by atoms with van der Waals surface area (Å²) in [4.78, 5) is 0. The van der Waals surface area contributed by atoms with Crippen LogP contribution < -0.4 is 0 Å². The third kappa shape index (κ3) is 11.1. The molecule has 0 bridgehead atoms. The minimum absolute atomic E-state index is 0.153. The van der Waals surface area contributed by atoms with Gasteiger partial charge in [-0.2, -0.15) is 0 Å². The Hall–Kier alpha value is -12.2. The van der Waals surface area contributed by atoms with Gasteiger partial charge in [0.2, 0.25) is 0 Å². The molecule has 0 saturated heterocycles. The number of aromatic nitrogens is 1. The van der Waals surface area contributed by atoms with Crippen LogP contribution in [-0.4, -0.2) is 4.57 Å². The lowest BCUT2D eigenvalue weighted by Crippen LogP contribution is -2.05. The summed E-state index contributed by atoms with van der Waals surface area (Å²) in [6.45, 7) is 7.13. The number of hydrogen-bond acceptors (Lipinski definition) is 2. The smallest absolute Gasteiger partial charge is 0.0547 e. The Bertz CT molecular complexity index is 6380. The molecule has 0 radical (unpaired) electrons. The van der Waals surface area contributed by atoms with Gasteiger partial charge in [-0.1, -0.05) is 305 Å². The Morgan fingerprint density at radius 2 is 0.777 bits per heavy atom. The van der Waals surface area contributed by atoms with Gasteiger partial charge in [0.1, 0.15) is 0 Å². The predicted molar refractivity (Wildman–Crippen MR) is 445 cm³/mol. The van der Waals surface area contributed by atoms with Crippen molar-refractivity contribution in [2.75, 3.05) is 0 Å². The Morgan fingerprint density at radius 3 is 1.27 bits per heavy atom. The van der Waals surface area contributed by atoms with E-state index in [1.54, 1.807) is 0 Å². The molecule has 3 aromatic heterocycles. The number of benzene rings is 14. The van der Waals surface area contributed by atoms with Crippen molar-refractivity contribution in [1.29, 1.82) is 0 Å². The summed E-state index contributed by atoms with van der Waals surface area (Å²) in [7, 11) is 0. The molecule has 0 aliphatic heterocycles. The number of thiophene rings is 2. The van der Waals surface area contributed by atoms with Gasteiger partial charge in [0.25, 0.3) is 0 Å². The molecule has 3 heterocycles. The summed E-state index contributed by atoms with van der Waals surface area (Å²) in [5, 5.41) is 7.46. The molecule has 0 N–H and O–H groups in total. The molecule has 0 saturated carbocycles. The first kappa shape index (κ1) is 61.8. The van der Waals surface area contributed by atoms with Gasteiger partial charge in [-0.15, -0.1) is 22.7 Å². The van der Waals surface area contributed by atoms with Crippen LogP contribution in [0.25, 0.3) is 157 Å². The molecule has 14 aromatic carbocycles. The summed E-state index contributed by atoms with van der Waals surface area (Å²) < 4.78 is 7.71. The SMILES string of the molecule is C=C(c1ccccc1)c1ccccc1/C(=C1/C=CC=CC1C)c1cccc(-n2c3cc(-c4cc(-c5ccccc5)cc5c4sc4c(-c6ccccc6)cc(-c6ccccc6)cc45)ccc3c3ccc(-c4cc(-c5ccccc5)cc5c4sc4c(-c6ccccc6)cc(C6C=CC=CC6)cc45)cc32)c1. The molecule has 19 rings (SSSR count). The zero-order chi connectivity index (χ0) is 68.5. The molecule has 0 amide bonds. The summed E-state index contributed by atoms with van der Waals surface area (Å²) in [5.74, 6) is 0.437. The van der Waals surface area contributed by atoms with Gasteiger partial charge in [0, 0.05) is 79.4 Å². The quantitative estimate of drug-likeness (QED) is 0.108. The lowest BCUT2D eigenvalue weighted by molar-refractivity contribution is 0.856. The number of hydrogen-bond donors (Lipinski definition) is 0. The average Bonchev–Trinajstić information content (AvgIpc) is 1.59. The topological polar surface area (TPSA) is 4.93 Å². The molecular formula is C100H69NS2. The second-order valence-electron chi connectivity index (χ2n) is 27.4. The van der Waals surface area contributed by atoms with E-state index in [1.807, 2.05) is 22.7 Å². The number of rotatable bonds is 13. The highest BCUT2D eigenvalue weighted by Gasteiger charge is 2.26. The van der Waals surface area contributed by atoms with E-state index in [0.29, 0.717) is 0 Å². The van der Waals surface area contributed by atoms with Crippen molar-refractivity contribution < 1.29 is 0 Å². The third-order valence-corrected chi connectivity index (χ3v) is 23.8. The average molecular weight is 1350 g/mol. The number of nitrogens with zero attached hydrogens (tertiary/aromatic N) is 1. The maximum absolute atomic E-state index is 4.81. The fraction of sp³-hybridized carbons (Fsp3) is 0.0400. The van der Waals surface area contributed by atoms with Crippen molar-refractivity contribution in [3.05, 3.63) is 404 Å². The van der Waals surface area contributed by atoms with E-state index in [-0.39, 0.29) is 11.8 Å². The zero-order valence-electron chi connectivity index (χ0n) is 57.0. The van der Waals surface area contributed by atoms with Crippen LogP contribution in [0.1, 0.15) is 47.1 Å². The van der Waals surface area contributed by atoms with E-state index < -0.39 is 0 Å². The van der Waals surface area contributed by atoms with Gasteiger partial charge in [-0.25, -0.2) is 0 Å². The summed E-state index contributed by atoms with van der Waals surface area (Å²) in [6.07, 6.45) is 19.1. The number of allylic oxidation sites excluding steroid dienone is 9. The van der Waals surface area contributed by atoms with Crippen molar-refractivity contribution >= 4 is 96.0 Å². The molecule has 3 heteroatoms. The van der Waals surface area contributed by atoms with E-state index in [1.165, 1.54) is 140 Å². The molecule has 0 spiro atoms. The summed E-state index contributed by atoms with van der Waals surface area (Å²) >= 11 is 3.85. The highest BCUT2D eigenvalue weighted by Crippen LogP contribution is 2.52. The predicted octanol–water partition coefficient (Wildman–Crippen LogP) is 28.4. The normalized spacial score (nSPS) is 14.8. The Kier molecular flexibility index (Phi) is 15.6. The molecule has 2 atom stereocenters. The maximum atomic E-state index is 4.81. The minimum Gasteiger partial charge on any atom is -0.309 e. The van der Waals surface area contributed by atoms with Crippen molar-refractivity contribution in [3.63, 3.8) is 0 Å². The molecule has 2 aliphatic carbocycles. The first-order chi connectivity index (χ1) is 50.9. The summed E-state index contributed by atoms with van der Waals surface area (Å²) in [6, 6.07) is 118. The third-order valence-electron chi connectivity index (χ3n) is 21.3. The number of fused-ring (bicyclic) bond motifs is 9. The standard InChI is InChI=1S/C100H69NS2/c1-64-29-24-25-46-81(64)96(85-48-27-26-47-82(85)65(2)66-30-10-3-11-31-66)75-44-28-45-80(53-75)101-94-62-73(88-56-78(69-36-16-6-17-37-69)60-92-90-58-76(67-32-12-4-13-33-67)54-86(97(90)102-99(88)92)71-40-20-8-21-41-71)49-51-83(94)84-52-50-74(63-95(84)101)89-57-79(70-38-18-7-19-39-70)61-93-91-59-77(68-34-14-5-15-35-68)55-87(98(91)103-100(89)93)72-42-22-9-23-43-72/h3-34,36-64,68H,2,35H2,1H3/b96-81-. The van der Waals surface area contributed by atoms with Crippen molar-refractivity contribution in [3.8, 4) is 83.6 Å². The molecule has 1 nitrogen and oxygen atoms in total. The van der Waals surface area contributed by atoms with Crippen LogP contribution >= 0.6 is 22.7 Å². The van der Waals surface area contributed by atoms with Gasteiger partial charge < -0.3 is 4.57 Å². The van der Waals surface area contributed by atoms with E-state index in [2.05, 4.69) is 376 Å². The second kappa shape index (κ2) is 26.1. The fourth-order valence-corrected chi connectivity index (χ4v) is 18.8. The van der Waals surface area contributed by atoms with Gasteiger partial charge in [-0.05, 0) is 191 Å². The Labute approximate surface area is 608 Å². The van der Waals surface area contributed by atoms with Gasteiger partial charge >= 0.3 is 0 Å². The van der Waals surface area contributed by atoms with Crippen molar-refractivity contribution in [1.82, 2.24) is 4.57 Å². The molecule has 103 heavy (non-hydrogen) atoms. The van der Waals surface area contributed by atoms with Crippen LogP contribution in [0.15, 0.2) is 376 Å². The van der Waals surface area contributed by atoms with Crippen LogP contribution in [0, 0.1) is 5.92 Å². The van der Waals surface area contributed by atoms with Crippen LogP contribution in [0.3, 0.4) is 0 Å². The highest BCUT2D eigenvalue weighted by molar-refractivity contribution is 7.27. The Balaban J connectivity index is 0.884. The van der Waals surface area contributed by atoms with Crippen LogP contribution in [0.5, 0.6) is 0 Å². The first-order valence-corrected chi connectivity index (χ1v) is 37.4. The van der Waals surface area contributed by atoms with Crippen molar-refractivity contribution in [2.45, 2.75) is 19.3 Å². The molecule has 486 valence electrons. The molecule has 2 unspecified atom stereocenters. The van der Waals surface area contributed by atoms with E-state index in [9.17, 15) is 0 Å². The van der Waals surface area contributed by atoms with Crippen molar-refractivity contribution in [2.24, 2.45) is 5.92 Å². The second-order valence-corrected chi connectivity index (χ2v) is 29.5. The maximum Gasteiger partial charge on any atom is 0.0547 e. The molecule has 2 aliphatic rings. The summed E-state index contributed by atoms with van der Waals surface area (Å²) in [5.41, 5.74) is 29.5. The molecule has 0 fully saturated rings. The fourth-order valence-electron chi connectivity index (χ4n) is 16.1. The zero-order valence-corrected chi connectivity index (χ0v) is 58.6. The van der Waals surface area contributed by atoms with Crippen LogP contribution in [0.2, 0.25) is 0 Å². The van der Waals surface area contributed by atoms with Crippen LogP contribution in [-0.2, 0) is 0 Å². The lowest BCUT2D eigenvalue weighted by atomic mass is 9.82. The van der Waals surface area contributed by atoms with Gasteiger partial charge in [-0.3, -0.25) is 0 Å². The van der Waals surface area contributed by atoms with E-state index >= 15 is 0 Å². The molecule has 17 aromatic rings. The van der Waals surface area contributed by atoms with E-state index in [4.69, 9.17) is 6.58 Å².